The molecule has 0 amide bonds. The smallest absolute Gasteiger partial charge is 0.328 e. The van der Waals surface area contributed by atoms with E-state index in [9.17, 15) is 0 Å². The van der Waals surface area contributed by atoms with Crippen molar-refractivity contribution < 1.29 is 9.76 Å². The number of hydrogen-bond donors (Lipinski definition) is 1. The van der Waals surface area contributed by atoms with Crippen LogP contribution in [-0.2, 0) is 0 Å². The lowest BCUT2D eigenvalue weighted by Crippen LogP contribution is -2.15. The second kappa shape index (κ2) is 5.45. The first-order chi connectivity index (χ1) is 8.29. The maximum absolute atomic E-state index is 8.88. The highest BCUT2D eigenvalue weighted by Gasteiger charge is 2.08. The van der Waals surface area contributed by atoms with Crippen LogP contribution in [0.4, 0.5) is 0 Å². The molecular weight excluding hydrogens is 215 g/mol. The summed E-state index contributed by atoms with van der Waals surface area (Å²) < 4.78 is 5.69. The molecule has 4 nitrogen and oxygen atoms in total. The number of pyridine rings is 2. The summed E-state index contributed by atoms with van der Waals surface area (Å²) in [5, 5.41) is 8.88. The topological polar surface area (TPSA) is 55.2 Å². The van der Waals surface area contributed by atoms with Crippen LogP contribution in [0.3, 0.4) is 0 Å². The third-order valence-electron chi connectivity index (χ3n) is 2.30. The summed E-state index contributed by atoms with van der Waals surface area (Å²) in [5.41, 5.74) is 1.46. The van der Waals surface area contributed by atoms with E-state index in [0.29, 0.717) is 11.2 Å². The van der Waals surface area contributed by atoms with Crippen molar-refractivity contribution >= 4 is 12.9 Å². The summed E-state index contributed by atoms with van der Waals surface area (Å²) in [4.78, 5) is 8.18. The molecule has 0 spiro atoms. The summed E-state index contributed by atoms with van der Waals surface area (Å²) in [6, 6.07) is 7.39. The van der Waals surface area contributed by atoms with E-state index in [2.05, 4.69) is 9.97 Å². The molecule has 1 atom stereocenters. The standard InChI is InChI=1S/C12H12BN2O2/c1-9(12-4-2-3-5-15-12)17-11-6-10(13-16)7-14-8-11/h2-9,16H,1H3. The summed E-state index contributed by atoms with van der Waals surface area (Å²) in [6.07, 6.45) is 4.72. The van der Waals surface area contributed by atoms with E-state index in [1.165, 1.54) is 0 Å². The molecule has 5 heteroatoms. The number of ether oxygens (including phenoxy) is 1. The van der Waals surface area contributed by atoms with Gasteiger partial charge in [0.25, 0.3) is 0 Å². The van der Waals surface area contributed by atoms with E-state index in [0.717, 1.165) is 13.2 Å². The molecule has 1 unspecified atom stereocenters. The molecule has 0 fully saturated rings. The van der Waals surface area contributed by atoms with E-state index in [1.54, 1.807) is 24.7 Å². The summed E-state index contributed by atoms with van der Waals surface area (Å²) in [7, 11) is 0.991. The Bertz CT molecular complexity index is 479. The minimum absolute atomic E-state index is 0.160. The Labute approximate surface area is 101 Å². The van der Waals surface area contributed by atoms with Crippen LogP contribution in [0.1, 0.15) is 18.7 Å². The molecule has 17 heavy (non-hydrogen) atoms. The Kier molecular flexibility index (Phi) is 3.72. The third-order valence-corrected chi connectivity index (χ3v) is 2.30. The average molecular weight is 227 g/mol. The molecular formula is C12H12BN2O2. The van der Waals surface area contributed by atoms with Crippen LogP contribution in [-0.4, -0.2) is 22.5 Å². The van der Waals surface area contributed by atoms with Crippen molar-refractivity contribution in [2.24, 2.45) is 0 Å². The molecule has 1 N–H and O–H groups in total. The van der Waals surface area contributed by atoms with Gasteiger partial charge >= 0.3 is 7.48 Å². The largest absolute Gasteiger partial charge is 0.483 e. The Morgan fingerprint density at radius 2 is 2.24 bits per heavy atom. The molecule has 85 valence electrons. The Balaban J connectivity index is 2.10. The van der Waals surface area contributed by atoms with Crippen molar-refractivity contribution in [1.29, 1.82) is 0 Å². The van der Waals surface area contributed by atoms with Crippen LogP contribution in [0.2, 0.25) is 0 Å². The van der Waals surface area contributed by atoms with Gasteiger partial charge in [-0.25, -0.2) is 0 Å². The van der Waals surface area contributed by atoms with Crippen LogP contribution in [0.5, 0.6) is 5.75 Å². The van der Waals surface area contributed by atoms with E-state index in [4.69, 9.17) is 9.76 Å². The van der Waals surface area contributed by atoms with Crippen molar-refractivity contribution in [3.05, 3.63) is 48.5 Å². The zero-order chi connectivity index (χ0) is 12.1. The molecule has 2 rings (SSSR count). The third kappa shape index (κ3) is 3.04. The minimum atomic E-state index is -0.160. The van der Waals surface area contributed by atoms with Crippen LogP contribution >= 0.6 is 0 Å². The highest BCUT2D eigenvalue weighted by molar-refractivity contribution is 6.45. The Morgan fingerprint density at radius 1 is 1.35 bits per heavy atom. The fourth-order valence-electron chi connectivity index (χ4n) is 1.45. The van der Waals surface area contributed by atoms with Gasteiger partial charge in [-0.15, -0.1) is 0 Å². The molecule has 1 radical (unpaired) electrons. The van der Waals surface area contributed by atoms with E-state index in [-0.39, 0.29) is 6.10 Å². The predicted molar refractivity (Wildman–Crippen MR) is 65.1 cm³/mol. The molecule has 0 aliphatic rings. The van der Waals surface area contributed by atoms with Crippen molar-refractivity contribution in [3.63, 3.8) is 0 Å². The number of rotatable bonds is 4. The van der Waals surface area contributed by atoms with Gasteiger partial charge in [-0.3, -0.25) is 9.97 Å². The van der Waals surface area contributed by atoms with E-state index >= 15 is 0 Å². The molecule has 0 saturated heterocycles. The number of nitrogens with zero attached hydrogens (tertiary/aromatic N) is 2. The molecule has 2 aromatic rings. The van der Waals surface area contributed by atoms with Gasteiger partial charge in [-0.05, 0) is 30.6 Å². The van der Waals surface area contributed by atoms with Crippen LogP contribution in [0, 0.1) is 0 Å². The van der Waals surface area contributed by atoms with Crippen LogP contribution in [0.15, 0.2) is 42.9 Å². The predicted octanol–water partition coefficient (Wildman–Crippen LogP) is 0.853. The first kappa shape index (κ1) is 11.6. The van der Waals surface area contributed by atoms with Crippen LogP contribution in [0.25, 0.3) is 0 Å². The van der Waals surface area contributed by atoms with E-state index in [1.807, 2.05) is 25.1 Å². The van der Waals surface area contributed by atoms with Crippen LogP contribution < -0.4 is 10.2 Å². The molecule has 0 aromatic carbocycles. The highest BCUT2D eigenvalue weighted by atomic mass is 16.5. The molecule has 0 aliphatic carbocycles. The summed E-state index contributed by atoms with van der Waals surface area (Å²) >= 11 is 0. The molecule has 2 aromatic heterocycles. The zero-order valence-corrected chi connectivity index (χ0v) is 9.45. The molecule has 0 saturated carbocycles. The fraction of sp³-hybridized carbons (Fsp3) is 0.167. The number of hydrogen-bond acceptors (Lipinski definition) is 4. The first-order valence-corrected chi connectivity index (χ1v) is 5.29. The van der Waals surface area contributed by atoms with Crippen molar-refractivity contribution in [2.75, 3.05) is 0 Å². The van der Waals surface area contributed by atoms with Gasteiger partial charge in [0.2, 0.25) is 0 Å². The monoisotopic (exact) mass is 227 g/mol. The second-order valence-corrected chi connectivity index (χ2v) is 3.60. The van der Waals surface area contributed by atoms with Gasteiger partial charge in [0.15, 0.2) is 0 Å². The van der Waals surface area contributed by atoms with Gasteiger partial charge in [-0.1, -0.05) is 6.07 Å². The quantitative estimate of drug-likeness (QED) is 0.786. The molecule has 0 aliphatic heterocycles. The van der Waals surface area contributed by atoms with Gasteiger partial charge in [0, 0.05) is 12.4 Å². The zero-order valence-electron chi connectivity index (χ0n) is 9.45. The lowest BCUT2D eigenvalue weighted by Gasteiger charge is -2.13. The average Bonchev–Trinajstić information content (AvgIpc) is 2.40. The van der Waals surface area contributed by atoms with Gasteiger partial charge < -0.3 is 9.76 Å². The van der Waals surface area contributed by atoms with Crippen molar-refractivity contribution in [2.45, 2.75) is 13.0 Å². The minimum Gasteiger partial charge on any atom is -0.483 e. The highest BCUT2D eigenvalue weighted by Crippen LogP contribution is 2.17. The summed E-state index contributed by atoms with van der Waals surface area (Å²) in [6.45, 7) is 1.91. The van der Waals surface area contributed by atoms with Gasteiger partial charge in [-0.2, -0.15) is 0 Å². The lowest BCUT2D eigenvalue weighted by molar-refractivity contribution is 0.221. The number of aromatic nitrogens is 2. The first-order valence-electron chi connectivity index (χ1n) is 5.29. The fourth-order valence-corrected chi connectivity index (χ4v) is 1.45. The van der Waals surface area contributed by atoms with E-state index < -0.39 is 0 Å². The molecule has 0 bridgehead atoms. The maximum atomic E-state index is 8.88. The Hall–Kier alpha value is -1.88. The lowest BCUT2D eigenvalue weighted by atomic mass is 9.91. The van der Waals surface area contributed by atoms with Crippen molar-refractivity contribution in [3.8, 4) is 5.75 Å². The normalized spacial score (nSPS) is 11.9. The van der Waals surface area contributed by atoms with Gasteiger partial charge in [0.1, 0.15) is 11.9 Å². The van der Waals surface area contributed by atoms with Crippen molar-refractivity contribution in [1.82, 2.24) is 9.97 Å². The SMILES string of the molecule is CC(Oc1cncc([B]O)c1)c1ccccn1. The Morgan fingerprint density at radius 3 is 2.94 bits per heavy atom. The summed E-state index contributed by atoms with van der Waals surface area (Å²) in [5.74, 6) is 0.603. The second-order valence-electron chi connectivity index (χ2n) is 3.60. The van der Waals surface area contributed by atoms with Gasteiger partial charge in [0.05, 0.1) is 11.9 Å². The maximum Gasteiger partial charge on any atom is 0.328 e. The molecule has 2 heterocycles.